The fourth-order valence-corrected chi connectivity index (χ4v) is 3.71. The molecule has 0 atom stereocenters. The molecule has 1 heteroatoms. The van der Waals surface area contributed by atoms with Gasteiger partial charge < -0.3 is 0 Å². The summed E-state index contributed by atoms with van der Waals surface area (Å²) >= 11 is 1.85. The first-order chi connectivity index (χ1) is 9.59. The van der Waals surface area contributed by atoms with Gasteiger partial charge in [-0.1, -0.05) is 50.2 Å². The van der Waals surface area contributed by atoms with Crippen LogP contribution < -0.4 is 0 Å². The van der Waals surface area contributed by atoms with Crippen LogP contribution in [0.25, 0.3) is 21.9 Å². The average molecular weight is 280 g/mol. The van der Waals surface area contributed by atoms with Gasteiger partial charge in [0.25, 0.3) is 0 Å². The van der Waals surface area contributed by atoms with Crippen LogP contribution in [-0.4, -0.2) is 0 Å². The minimum absolute atomic E-state index is 0.536. The Hall–Kier alpha value is -1.60. The molecule has 0 unspecified atom stereocenters. The van der Waals surface area contributed by atoms with Gasteiger partial charge in [0.15, 0.2) is 0 Å². The number of thiophene rings is 1. The molecule has 0 spiro atoms. The van der Waals surface area contributed by atoms with Crippen molar-refractivity contribution in [1.82, 2.24) is 0 Å². The molecule has 102 valence electrons. The van der Waals surface area contributed by atoms with Crippen LogP contribution in [0.5, 0.6) is 0 Å². The van der Waals surface area contributed by atoms with Gasteiger partial charge in [-0.2, -0.15) is 0 Å². The summed E-state index contributed by atoms with van der Waals surface area (Å²) in [6.45, 7) is 9.01. The summed E-state index contributed by atoms with van der Waals surface area (Å²) in [5.41, 5.74) is 5.71. The first-order valence-corrected chi connectivity index (χ1v) is 8.04. The SMILES string of the molecule is Cc1scc(-c2c(C(C)C)ccc3ccccc23)c1C. The zero-order chi connectivity index (χ0) is 14.3. The predicted molar refractivity (Wildman–Crippen MR) is 90.8 cm³/mol. The van der Waals surface area contributed by atoms with Gasteiger partial charge in [-0.25, -0.2) is 0 Å². The molecule has 3 aromatic rings. The zero-order valence-electron chi connectivity index (χ0n) is 12.5. The maximum absolute atomic E-state index is 2.32. The highest BCUT2D eigenvalue weighted by atomic mass is 32.1. The smallest absolute Gasteiger partial charge is 0.00497 e. The van der Waals surface area contributed by atoms with Crippen LogP contribution in [0.15, 0.2) is 41.8 Å². The van der Waals surface area contributed by atoms with Gasteiger partial charge in [0.2, 0.25) is 0 Å². The van der Waals surface area contributed by atoms with Crippen molar-refractivity contribution >= 4 is 22.1 Å². The van der Waals surface area contributed by atoms with E-state index in [1.54, 1.807) is 0 Å². The lowest BCUT2D eigenvalue weighted by Crippen LogP contribution is -1.94. The number of fused-ring (bicyclic) bond motifs is 1. The molecule has 0 aliphatic heterocycles. The summed E-state index contributed by atoms with van der Waals surface area (Å²) in [4.78, 5) is 1.42. The van der Waals surface area contributed by atoms with Gasteiger partial charge in [-0.3, -0.25) is 0 Å². The molecule has 0 amide bonds. The molecule has 0 radical (unpaired) electrons. The van der Waals surface area contributed by atoms with E-state index in [-0.39, 0.29) is 0 Å². The standard InChI is InChI=1S/C19H20S/c1-12(2)16-10-9-15-7-5-6-8-17(15)19(16)18-11-20-14(4)13(18)3/h5-12H,1-4H3. The van der Waals surface area contributed by atoms with Crippen LogP contribution in [0.3, 0.4) is 0 Å². The molecular weight excluding hydrogens is 260 g/mol. The Balaban J connectivity index is 2.42. The summed E-state index contributed by atoms with van der Waals surface area (Å²) < 4.78 is 0. The summed E-state index contributed by atoms with van der Waals surface area (Å²) in [6.07, 6.45) is 0. The molecule has 1 heterocycles. The molecular formula is C19H20S. The quantitative estimate of drug-likeness (QED) is 0.516. The van der Waals surface area contributed by atoms with Gasteiger partial charge in [-0.15, -0.1) is 11.3 Å². The minimum atomic E-state index is 0.536. The molecule has 0 aliphatic carbocycles. The summed E-state index contributed by atoms with van der Waals surface area (Å²) in [5, 5.41) is 5.02. The normalized spacial score (nSPS) is 11.4. The van der Waals surface area contributed by atoms with Crippen LogP contribution in [0.1, 0.15) is 35.8 Å². The van der Waals surface area contributed by atoms with E-state index < -0.39 is 0 Å². The van der Waals surface area contributed by atoms with Crippen molar-refractivity contribution in [3.8, 4) is 11.1 Å². The predicted octanol–water partition coefficient (Wildman–Crippen LogP) is 6.31. The van der Waals surface area contributed by atoms with Gasteiger partial charge in [0.05, 0.1) is 0 Å². The summed E-state index contributed by atoms with van der Waals surface area (Å²) in [5.74, 6) is 0.536. The maximum Gasteiger partial charge on any atom is 0.00497 e. The lowest BCUT2D eigenvalue weighted by Gasteiger charge is -2.16. The molecule has 2 aromatic carbocycles. The third-order valence-corrected chi connectivity index (χ3v) is 5.15. The summed E-state index contributed by atoms with van der Waals surface area (Å²) in [6, 6.07) is 13.3. The topological polar surface area (TPSA) is 0 Å². The molecule has 0 fully saturated rings. The van der Waals surface area contributed by atoms with Crippen molar-refractivity contribution in [3.63, 3.8) is 0 Å². The Kier molecular flexibility index (Phi) is 3.39. The number of aryl methyl sites for hydroxylation is 1. The van der Waals surface area contributed by atoms with Crippen molar-refractivity contribution in [2.75, 3.05) is 0 Å². The third-order valence-electron chi connectivity index (χ3n) is 4.14. The van der Waals surface area contributed by atoms with E-state index in [1.807, 2.05) is 11.3 Å². The van der Waals surface area contributed by atoms with Crippen LogP contribution >= 0.6 is 11.3 Å². The van der Waals surface area contributed by atoms with Crippen LogP contribution in [0, 0.1) is 13.8 Å². The second-order valence-corrected chi connectivity index (χ2v) is 6.82. The van der Waals surface area contributed by atoms with E-state index in [9.17, 15) is 0 Å². The van der Waals surface area contributed by atoms with Crippen molar-refractivity contribution in [2.24, 2.45) is 0 Å². The number of hydrogen-bond acceptors (Lipinski definition) is 1. The lowest BCUT2D eigenvalue weighted by molar-refractivity contribution is 0.871. The molecule has 0 saturated carbocycles. The largest absolute Gasteiger partial charge is 0.148 e. The minimum Gasteiger partial charge on any atom is -0.148 e. The van der Waals surface area contributed by atoms with E-state index in [1.165, 1.54) is 37.9 Å². The molecule has 0 bridgehead atoms. The number of hydrogen-bond donors (Lipinski definition) is 0. The van der Waals surface area contributed by atoms with E-state index >= 15 is 0 Å². The van der Waals surface area contributed by atoms with Crippen LogP contribution in [0.4, 0.5) is 0 Å². The van der Waals surface area contributed by atoms with Gasteiger partial charge in [0, 0.05) is 4.88 Å². The Morgan fingerprint density at radius 1 is 0.950 bits per heavy atom. The van der Waals surface area contributed by atoms with Crippen molar-refractivity contribution < 1.29 is 0 Å². The summed E-state index contributed by atoms with van der Waals surface area (Å²) in [7, 11) is 0. The van der Waals surface area contributed by atoms with Gasteiger partial charge in [0.1, 0.15) is 0 Å². The Labute approximate surface area is 125 Å². The fourth-order valence-electron chi connectivity index (χ4n) is 2.83. The second kappa shape index (κ2) is 5.06. The van der Waals surface area contributed by atoms with E-state index in [0.717, 1.165) is 0 Å². The highest BCUT2D eigenvalue weighted by molar-refractivity contribution is 7.10. The van der Waals surface area contributed by atoms with E-state index in [4.69, 9.17) is 0 Å². The molecule has 0 aliphatic rings. The molecule has 0 nitrogen and oxygen atoms in total. The molecule has 0 N–H and O–H groups in total. The fraction of sp³-hybridized carbons (Fsp3) is 0.263. The van der Waals surface area contributed by atoms with Crippen LogP contribution in [-0.2, 0) is 0 Å². The van der Waals surface area contributed by atoms with Crippen molar-refractivity contribution in [2.45, 2.75) is 33.6 Å². The highest BCUT2D eigenvalue weighted by Gasteiger charge is 2.15. The van der Waals surface area contributed by atoms with E-state index in [2.05, 4.69) is 69.5 Å². The molecule has 1 aromatic heterocycles. The van der Waals surface area contributed by atoms with Crippen molar-refractivity contribution in [3.05, 3.63) is 57.8 Å². The van der Waals surface area contributed by atoms with Gasteiger partial charge >= 0.3 is 0 Å². The molecule has 3 rings (SSSR count). The zero-order valence-corrected chi connectivity index (χ0v) is 13.3. The number of rotatable bonds is 2. The highest BCUT2D eigenvalue weighted by Crippen LogP contribution is 2.40. The number of benzene rings is 2. The first-order valence-electron chi connectivity index (χ1n) is 7.16. The average Bonchev–Trinajstić information content (AvgIpc) is 2.77. The van der Waals surface area contributed by atoms with Gasteiger partial charge in [-0.05, 0) is 58.2 Å². The first kappa shape index (κ1) is 13.4. The lowest BCUT2D eigenvalue weighted by atomic mass is 9.88. The monoisotopic (exact) mass is 280 g/mol. The van der Waals surface area contributed by atoms with Crippen molar-refractivity contribution in [1.29, 1.82) is 0 Å². The third kappa shape index (κ3) is 2.06. The Morgan fingerprint density at radius 2 is 1.70 bits per heavy atom. The Morgan fingerprint density at radius 3 is 2.35 bits per heavy atom. The second-order valence-electron chi connectivity index (χ2n) is 5.74. The van der Waals surface area contributed by atoms with E-state index in [0.29, 0.717) is 5.92 Å². The molecule has 20 heavy (non-hydrogen) atoms. The molecule has 0 saturated heterocycles. The maximum atomic E-state index is 2.32. The Bertz CT molecular complexity index is 763. The van der Waals surface area contributed by atoms with Crippen LogP contribution in [0.2, 0.25) is 0 Å².